The van der Waals surface area contributed by atoms with Crippen molar-refractivity contribution in [2.24, 2.45) is 0 Å². The Balaban J connectivity index is 2.24. The number of benzene rings is 1. The van der Waals surface area contributed by atoms with Gasteiger partial charge in [-0.1, -0.05) is 12.8 Å². The van der Waals surface area contributed by atoms with Crippen molar-refractivity contribution in [2.75, 3.05) is 23.8 Å². The molecule has 1 aromatic carbocycles. The van der Waals surface area contributed by atoms with Crippen molar-refractivity contribution in [2.45, 2.75) is 38.6 Å². The van der Waals surface area contributed by atoms with Crippen LogP contribution in [0, 0.1) is 6.92 Å². The van der Waals surface area contributed by atoms with Gasteiger partial charge in [0.2, 0.25) is 0 Å². The Labute approximate surface area is 103 Å². The molecule has 0 amide bonds. The van der Waals surface area contributed by atoms with Crippen LogP contribution in [0.25, 0.3) is 0 Å². The molecule has 1 aliphatic carbocycles. The summed E-state index contributed by atoms with van der Waals surface area (Å²) in [6.07, 6.45) is 5.09. The van der Waals surface area contributed by atoms with E-state index in [1.807, 2.05) is 12.1 Å². The second-order valence-corrected chi connectivity index (χ2v) is 4.90. The minimum atomic E-state index is 0.209. The first-order valence-electron chi connectivity index (χ1n) is 6.46. The van der Waals surface area contributed by atoms with Crippen molar-refractivity contribution in [1.29, 1.82) is 0 Å². The summed E-state index contributed by atoms with van der Waals surface area (Å²) in [4.78, 5) is 2.35. The van der Waals surface area contributed by atoms with E-state index in [4.69, 9.17) is 5.73 Å². The number of anilines is 2. The first-order chi connectivity index (χ1) is 8.22. The summed E-state index contributed by atoms with van der Waals surface area (Å²) in [5.41, 5.74) is 9.02. The van der Waals surface area contributed by atoms with Gasteiger partial charge in [-0.25, -0.2) is 0 Å². The first kappa shape index (κ1) is 12.2. The number of aliphatic hydroxyl groups excluding tert-OH is 1. The van der Waals surface area contributed by atoms with Crippen LogP contribution in [0.1, 0.15) is 31.2 Å². The number of nitrogen functional groups attached to an aromatic ring is 1. The van der Waals surface area contributed by atoms with E-state index in [0.29, 0.717) is 6.04 Å². The molecule has 0 radical (unpaired) electrons. The molecule has 0 aliphatic heterocycles. The Kier molecular flexibility index (Phi) is 3.89. The van der Waals surface area contributed by atoms with E-state index < -0.39 is 0 Å². The predicted octanol–water partition coefficient (Wildman–Crippen LogP) is 2.32. The maximum atomic E-state index is 9.24. The van der Waals surface area contributed by atoms with Crippen LogP contribution in [0.2, 0.25) is 0 Å². The SMILES string of the molecule is Cc1cc(N)ccc1N(CCO)C1CCCC1. The molecule has 0 saturated heterocycles. The van der Waals surface area contributed by atoms with Gasteiger partial charge >= 0.3 is 0 Å². The molecular weight excluding hydrogens is 212 g/mol. The van der Waals surface area contributed by atoms with Crippen LogP contribution in [-0.2, 0) is 0 Å². The lowest BCUT2D eigenvalue weighted by molar-refractivity contribution is 0.297. The number of nitrogens with two attached hydrogens (primary N) is 1. The zero-order valence-electron chi connectivity index (χ0n) is 10.5. The lowest BCUT2D eigenvalue weighted by atomic mass is 10.1. The van der Waals surface area contributed by atoms with Gasteiger partial charge in [-0.05, 0) is 43.5 Å². The lowest BCUT2D eigenvalue weighted by Crippen LogP contribution is -2.36. The van der Waals surface area contributed by atoms with Gasteiger partial charge in [0.25, 0.3) is 0 Å². The predicted molar refractivity (Wildman–Crippen MR) is 72.3 cm³/mol. The quantitative estimate of drug-likeness (QED) is 0.786. The molecule has 0 heterocycles. The third kappa shape index (κ3) is 2.72. The third-order valence-electron chi connectivity index (χ3n) is 3.64. The largest absolute Gasteiger partial charge is 0.399 e. The smallest absolute Gasteiger partial charge is 0.0606 e. The van der Waals surface area contributed by atoms with E-state index >= 15 is 0 Å². The molecule has 0 aromatic heterocycles. The molecule has 3 N–H and O–H groups in total. The van der Waals surface area contributed by atoms with Crippen LogP contribution in [0.5, 0.6) is 0 Å². The molecule has 0 unspecified atom stereocenters. The second kappa shape index (κ2) is 5.41. The first-order valence-corrected chi connectivity index (χ1v) is 6.46. The van der Waals surface area contributed by atoms with E-state index in [1.54, 1.807) is 0 Å². The normalized spacial score (nSPS) is 16.4. The van der Waals surface area contributed by atoms with Gasteiger partial charge in [-0.15, -0.1) is 0 Å². The molecule has 3 nitrogen and oxygen atoms in total. The van der Waals surface area contributed by atoms with Gasteiger partial charge in [0, 0.05) is 24.0 Å². The van der Waals surface area contributed by atoms with Crippen LogP contribution in [-0.4, -0.2) is 24.3 Å². The van der Waals surface area contributed by atoms with Crippen molar-refractivity contribution in [1.82, 2.24) is 0 Å². The van der Waals surface area contributed by atoms with E-state index in [1.165, 1.54) is 36.9 Å². The lowest BCUT2D eigenvalue weighted by Gasteiger charge is -2.32. The van der Waals surface area contributed by atoms with Gasteiger partial charge in [0.05, 0.1) is 6.61 Å². The monoisotopic (exact) mass is 234 g/mol. The fourth-order valence-electron chi connectivity index (χ4n) is 2.82. The topological polar surface area (TPSA) is 49.5 Å². The van der Waals surface area contributed by atoms with E-state index in [9.17, 15) is 5.11 Å². The van der Waals surface area contributed by atoms with Gasteiger partial charge < -0.3 is 15.7 Å². The molecular formula is C14H22N2O. The Morgan fingerprint density at radius 1 is 1.35 bits per heavy atom. The average Bonchev–Trinajstić information content (AvgIpc) is 2.80. The summed E-state index contributed by atoms with van der Waals surface area (Å²) >= 11 is 0. The Bertz CT molecular complexity index is 372. The highest BCUT2D eigenvalue weighted by atomic mass is 16.3. The number of rotatable bonds is 4. The Hall–Kier alpha value is -1.22. The van der Waals surface area contributed by atoms with Crippen LogP contribution in [0.3, 0.4) is 0 Å². The van der Waals surface area contributed by atoms with Crippen molar-refractivity contribution in [3.63, 3.8) is 0 Å². The van der Waals surface area contributed by atoms with E-state index in [-0.39, 0.29) is 6.61 Å². The number of aryl methyl sites for hydroxylation is 1. The number of hydrogen-bond acceptors (Lipinski definition) is 3. The van der Waals surface area contributed by atoms with Gasteiger partial charge in [0.15, 0.2) is 0 Å². The van der Waals surface area contributed by atoms with E-state index in [0.717, 1.165) is 12.2 Å². The molecule has 0 spiro atoms. The van der Waals surface area contributed by atoms with Gasteiger partial charge in [-0.2, -0.15) is 0 Å². The highest BCUT2D eigenvalue weighted by molar-refractivity contribution is 5.59. The molecule has 2 rings (SSSR count). The molecule has 1 aliphatic rings. The molecule has 0 atom stereocenters. The summed E-state index contributed by atoms with van der Waals surface area (Å²) in [7, 11) is 0. The van der Waals surface area contributed by atoms with Crippen molar-refractivity contribution < 1.29 is 5.11 Å². The third-order valence-corrected chi connectivity index (χ3v) is 3.64. The van der Waals surface area contributed by atoms with Gasteiger partial charge in [0.1, 0.15) is 0 Å². The molecule has 1 aromatic rings. The summed E-state index contributed by atoms with van der Waals surface area (Å²) < 4.78 is 0. The van der Waals surface area contributed by atoms with Gasteiger partial charge in [-0.3, -0.25) is 0 Å². The molecule has 3 heteroatoms. The van der Waals surface area contributed by atoms with Crippen LogP contribution in [0.4, 0.5) is 11.4 Å². The maximum absolute atomic E-state index is 9.24. The zero-order chi connectivity index (χ0) is 12.3. The standard InChI is InChI=1S/C14H22N2O/c1-11-10-12(15)6-7-14(11)16(8-9-17)13-4-2-3-5-13/h6-7,10,13,17H,2-5,8-9,15H2,1H3. The molecule has 1 saturated carbocycles. The minimum absolute atomic E-state index is 0.209. The fraction of sp³-hybridized carbons (Fsp3) is 0.571. The van der Waals surface area contributed by atoms with E-state index in [2.05, 4.69) is 17.9 Å². The van der Waals surface area contributed by atoms with Crippen LogP contribution in [0.15, 0.2) is 18.2 Å². The molecule has 0 bridgehead atoms. The number of hydrogen-bond donors (Lipinski definition) is 2. The maximum Gasteiger partial charge on any atom is 0.0606 e. The number of nitrogens with zero attached hydrogens (tertiary/aromatic N) is 1. The molecule has 94 valence electrons. The summed E-state index contributed by atoms with van der Waals surface area (Å²) in [5, 5.41) is 9.24. The number of aliphatic hydroxyl groups is 1. The fourth-order valence-corrected chi connectivity index (χ4v) is 2.82. The van der Waals surface area contributed by atoms with Crippen LogP contribution >= 0.6 is 0 Å². The summed E-state index contributed by atoms with van der Waals surface area (Å²) in [6.45, 7) is 3.01. The Morgan fingerprint density at radius 2 is 2.06 bits per heavy atom. The molecule has 1 fully saturated rings. The zero-order valence-corrected chi connectivity index (χ0v) is 10.5. The van der Waals surface area contributed by atoms with Crippen molar-refractivity contribution >= 4 is 11.4 Å². The minimum Gasteiger partial charge on any atom is -0.399 e. The summed E-state index contributed by atoms with van der Waals surface area (Å²) in [6, 6.07) is 6.62. The second-order valence-electron chi connectivity index (χ2n) is 4.90. The molecule has 17 heavy (non-hydrogen) atoms. The highest BCUT2D eigenvalue weighted by Gasteiger charge is 2.23. The van der Waals surface area contributed by atoms with Crippen LogP contribution < -0.4 is 10.6 Å². The van der Waals surface area contributed by atoms with Crippen molar-refractivity contribution in [3.05, 3.63) is 23.8 Å². The Morgan fingerprint density at radius 3 is 2.65 bits per heavy atom. The average molecular weight is 234 g/mol. The van der Waals surface area contributed by atoms with Crippen molar-refractivity contribution in [3.8, 4) is 0 Å². The summed E-state index contributed by atoms with van der Waals surface area (Å²) in [5.74, 6) is 0. The highest BCUT2D eigenvalue weighted by Crippen LogP contribution is 2.30.